The number of rotatable bonds is 0. The normalized spacial score (nSPS) is 9.58. The maximum absolute atomic E-state index is 11.8. The van der Waals surface area contributed by atoms with Gasteiger partial charge < -0.3 is 24.0 Å². The quantitative estimate of drug-likeness (QED) is 0.332. The van der Waals surface area contributed by atoms with Crippen LogP contribution in [0.3, 0.4) is 0 Å². The zero-order chi connectivity index (χ0) is 7.61. The molecule has 62 valence electrons. The predicted molar refractivity (Wildman–Crippen MR) is 36.0 cm³/mol. The predicted octanol–water partition coefficient (Wildman–Crippen LogP) is -0.871. The third kappa shape index (κ3) is 4.51. The van der Waals surface area contributed by atoms with Gasteiger partial charge in [0.15, 0.2) is 0 Å². The molecule has 0 heterocycles. The Hall–Kier alpha value is 0.506. The average molecular weight is 296 g/mol. The minimum atomic E-state index is -4.26. The van der Waals surface area contributed by atoms with Gasteiger partial charge in [-0.3, -0.25) is 0 Å². The van der Waals surface area contributed by atoms with E-state index in [9.17, 15) is 13.2 Å². The number of hydrogen-bond donors (Lipinski definition) is 0. The van der Waals surface area contributed by atoms with E-state index < -0.39 is 11.7 Å². The molecule has 0 aliphatic heterocycles. The summed E-state index contributed by atoms with van der Waals surface area (Å²) in [5, 5.41) is 0. The van der Waals surface area contributed by atoms with Gasteiger partial charge in [0.1, 0.15) is 0 Å². The van der Waals surface area contributed by atoms with Gasteiger partial charge in [-0.1, -0.05) is 5.56 Å². The summed E-state index contributed by atoms with van der Waals surface area (Å²) in [6.45, 7) is 0. The Kier molecular flexibility index (Phi) is 7.54. The van der Waals surface area contributed by atoms with Gasteiger partial charge in [0, 0.05) is 0 Å². The number of benzene rings is 1. The molecule has 0 fully saturated rings. The summed E-state index contributed by atoms with van der Waals surface area (Å²) in [6.07, 6.45) is -4.26. The van der Waals surface area contributed by atoms with E-state index >= 15 is 0 Å². The van der Waals surface area contributed by atoms with Crippen molar-refractivity contribution >= 4 is 23.1 Å². The molecule has 0 saturated heterocycles. The van der Waals surface area contributed by atoms with E-state index in [-0.39, 0.29) is 47.0 Å². The smallest absolute Gasteiger partial charge is 1.00 e. The fraction of sp³-hybridized carbons (Fsp3) is 0.143. The first-order valence-electron chi connectivity index (χ1n) is 2.64. The minimum absolute atomic E-state index is 0. The van der Waals surface area contributed by atoms with Crippen LogP contribution in [0.2, 0.25) is 0 Å². The number of alkyl halides is 3. The molecule has 1 rings (SSSR count). The van der Waals surface area contributed by atoms with Crippen LogP contribution in [-0.2, 0) is 6.18 Å². The molecule has 0 radical (unpaired) electrons. The third-order valence-electron chi connectivity index (χ3n) is 1.01. The summed E-state index contributed by atoms with van der Waals surface area (Å²) in [5.41, 5.74) is -0.727. The van der Waals surface area contributed by atoms with Crippen molar-refractivity contribution in [1.29, 1.82) is 0 Å². The summed E-state index contributed by atoms with van der Waals surface area (Å²) in [4.78, 5) is 0. The van der Waals surface area contributed by atoms with Crippen LogP contribution in [0.5, 0.6) is 0 Å². The second-order valence-corrected chi connectivity index (χ2v) is 1.77. The fourth-order valence-corrected chi connectivity index (χ4v) is 0.570. The van der Waals surface area contributed by atoms with Crippen LogP contribution in [0.1, 0.15) is 5.56 Å². The first-order valence-corrected chi connectivity index (χ1v) is 2.64. The van der Waals surface area contributed by atoms with Crippen molar-refractivity contribution in [3.8, 4) is 0 Å². The Morgan fingerprint density at radius 1 is 1.17 bits per heavy atom. The van der Waals surface area contributed by atoms with Crippen molar-refractivity contribution in [2.45, 2.75) is 6.18 Å². The molecule has 0 aliphatic carbocycles. The second kappa shape index (κ2) is 6.04. The van der Waals surface area contributed by atoms with Crippen molar-refractivity contribution in [3.05, 3.63) is 35.9 Å². The Morgan fingerprint density at radius 3 is 2.00 bits per heavy atom. The molecule has 0 amide bonds. The molecule has 0 nitrogen and oxygen atoms in total. The van der Waals surface area contributed by atoms with Crippen LogP contribution in [0.4, 0.5) is 13.2 Å². The summed E-state index contributed by atoms with van der Waals surface area (Å²) < 4.78 is 35.3. The van der Waals surface area contributed by atoms with Gasteiger partial charge in [-0.15, -0.1) is 0 Å². The molecular weight excluding hydrogens is 292 g/mol. The first-order chi connectivity index (χ1) is 4.61. The standard InChI is InChI=1S/C7H4F3.HI.Mg/c8-7(9,10)6-4-2-1-3-5-6;;/h1-4H;1H;/q-1;;+2/p-1. The van der Waals surface area contributed by atoms with Crippen LogP contribution in [0.15, 0.2) is 24.3 Å². The monoisotopic (exact) mass is 296 g/mol. The van der Waals surface area contributed by atoms with Crippen molar-refractivity contribution in [2.75, 3.05) is 0 Å². The third-order valence-corrected chi connectivity index (χ3v) is 1.01. The Balaban J connectivity index is 0. The molecule has 0 saturated carbocycles. The molecule has 0 aliphatic rings. The van der Waals surface area contributed by atoms with E-state index in [1.807, 2.05) is 0 Å². The van der Waals surface area contributed by atoms with E-state index in [1.165, 1.54) is 18.2 Å². The van der Waals surface area contributed by atoms with Crippen molar-refractivity contribution in [3.63, 3.8) is 0 Å². The zero-order valence-corrected chi connectivity index (χ0v) is 9.60. The van der Waals surface area contributed by atoms with Crippen LogP contribution >= 0.6 is 0 Å². The van der Waals surface area contributed by atoms with Crippen molar-refractivity contribution in [1.82, 2.24) is 0 Å². The average Bonchev–Trinajstić information content (AvgIpc) is 1.88. The van der Waals surface area contributed by atoms with Gasteiger partial charge in [-0.2, -0.15) is 43.5 Å². The van der Waals surface area contributed by atoms with Crippen molar-refractivity contribution in [2.24, 2.45) is 0 Å². The van der Waals surface area contributed by atoms with Crippen LogP contribution < -0.4 is 24.0 Å². The topological polar surface area (TPSA) is 0 Å². The number of halogens is 4. The first kappa shape index (κ1) is 15.0. The SMILES string of the molecule is FC(F)(F)c1[c-]cccc1.[I-].[Mg+2]. The summed E-state index contributed by atoms with van der Waals surface area (Å²) >= 11 is 0. The molecular formula is C7H4F3IMg. The molecule has 5 heteroatoms. The van der Waals surface area contributed by atoms with Gasteiger partial charge in [-0.25, -0.2) is 0 Å². The fourth-order valence-electron chi connectivity index (χ4n) is 0.570. The zero-order valence-electron chi connectivity index (χ0n) is 6.03. The largest absolute Gasteiger partial charge is 2.00 e. The summed E-state index contributed by atoms with van der Waals surface area (Å²) in [6, 6.07) is 7.14. The van der Waals surface area contributed by atoms with Gasteiger partial charge in [-0.05, 0) is 0 Å². The Labute approximate surface area is 102 Å². The van der Waals surface area contributed by atoms with Crippen LogP contribution in [-0.4, -0.2) is 23.1 Å². The molecule has 0 bridgehead atoms. The molecule has 1 aromatic carbocycles. The molecule has 0 aromatic heterocycles. The van der Waals surface area contributed by atoms with E-state index in [1.54, 1.807) is 0 Å². The van der Waals surface area contributed by atoms with Crippen molar-refractivity contribution < 1.29 is 37.1 Å². The molecule has 12 heavy (non-hydrogen) atoms. The van der Waals surface area contributed by atoms with Crippen LogP contribution in [0.25, 0.3) is 0 Å². The Morgan fingerprint density at radius 2 is 1.75 bits per heavy atom. The van der Waals surface area contributed by atoms with Gasteiger partial charge >= 0.3 is 29.2 Å². The Bertz CT molecular complexity index is 210. The van der Waals surface area contributed by atoms with Gasteiger partial charge in [0.05, 0.1) is 0 Å². The molecule has 0 spiro atoms. The molecule has 1 aromatic rings. The molecule has 0 N–H and O–H groups in total. The molecule has 0 unspecified atom stereocenters. The van der Waals surface area contributed by atoms with E-state index in [0.717, 1.165) is 6.07 Å². The summed E-state index contributed by atoms with van der Waals surface area (Å²) in [5.74, 6) is 0. The molecule has 0 atom stereocenters. The minimum Gasteiger partial charge on any atom is -1.00 e. The van der Waals surface area contributed by atoms with E-state index in [4.69, 9.17) is 0 Å². The van der Waals surface area contributed by atoms with E-state index in [2.05, 4.69) is 6.07 Å². The maximum atomic E-state index is 11.8. The summed E-state index contributed by atoms with van der Waals surface area (Å²) in [7, 11) is 0. The maximum Gasteiger partial charge on any atom is 2.00 e. The van der Waals surface area contributed by atoms with Crippen LogP contribution in [0, 0.1) is 6.07 Å². The van der Waals surface area contributed by atoms with E-state index in [0.29, 0.717) is 0 Å². The number of hydrogen-bond acceptors (Lipinski definition) is 0. The second-order valence-electron chi connectivity index (χ2n) is 1.77. The van der Waals surface area contributed by atoms with Gasteiger partial charge in [0.25, 0.3) is 0 Å². The van der Waals surface area contributed by atoms with Gasteiger partial charge in [0.2, 0.25) is 0 Å².